The van der Waals surface area contributed by atoms with Crippen molar-refractivity contribution in [1.82, 2.24) is 10.3 Å². The van der Waals surface area contributed by atoms with Crippen molar-refractivity contribution < 1.29 is 4.39 Å². The third-order valence-corrected chi connectivity index (χ3v) is 3.06. The summed E-state index contributed by atoms with van der Waals surface area (Å²) in [6, 6.07) is 9.43. The van der Waals surface area contributed by atoms with Crippen LogP contribution >= 0.6 is 0 Å². The molecule has 2 aromatic rings. The minimum atomic E-state index is -0.148. The van der Waals surface area contributed by atoms with E-state index in [1.165, 1.54) is 5.56 Å². The van der Waals surface area contributed by atoms with Crippen LogP contribution in [0.5, 0.6) is 0 Å². The molecule has 3 heteroatoms. The molecule has 1 aromatic heterocycles. The summed E-state index contributed by atoms with van der Waals surface area (Å²) in [5, 5.41) is 3.37. The average molecular weight is 244 g/mol. The van der Waals surface area contributed by atoms with Gasteiger partial charge >= 0.3 is 0 Å². The smallest absolute Gasteiger partial charge is 0.126 e. The van der Waals surface area contributed by atoms with Gasteiger partial charge in [-0.05, 0) is 48.7 Å². The van der Waals surface area contributed by atoms with Crippen LogP contribution in [0.2, 0.25) is 0 Å². The fourth-order valence-corrected chi connectivity index (χ4v) is 1.77. The van der Waals surface area contributed by atoms with E-state index in [1.807, 2.05) is 31.2 Å². The predicted molar refractivity (Wildman–Crippen MR) is 70.6 cm³/mol. The first kappa shape index (κ1) is 12.7. The van der Waals surface area contributed by atoms with Gasteiger partial charge in [0.15, 0.2) is 0 Å². The van der Waals surface area contributed by atoms with Crippen molar-refractivity contribution in [3.8, 4) is 0 Å². The van der Waals surface area contributed by atoms with Crippen LogP contribution in [0.25, 0.3) is 0 Å². The van der Waals surface area contributed by atoms with Crippen LogP contribution in [0.15, 0.2) is 42.7 Å². The molecule has 0 aliphatic rings. The molecule has 1 atom stereocenters. The first-order valence-corrected chi connectivity index (χ1v) is 6.05. The lowest BCUT2D eigenvalue weighted by Gasteiger charge is -2.15. The second-order valence-corrected chi connectivity index (χ2v) is 4.47. The molecule has 0 saturated heterocycles. The quantitative estimate of drug-likeness (QED) is 0.891. The molecule has 0 aliphatic carbocycles. The van der Waals surface area contributed by atoms with Gasteiger partial charge in [-0.2, -0.15) is 0 Å². The number of aryl methyl sites for hydroxylation is 1. The van der Waals surface area contributed by atoms with Gasteiger partial charge in [0.1, 0.15) is 5.82 Å². The molecular formula is C15H17FN2. The zero-order valence-corrected chi connectivity index (χ0v) is 10.7. The highest BCUT2D eigenvalue weighted by molar-refractivity contribution is 5.25. The number of hydrogen-bond donors (Lipinski definition) is 1. The lowest BCUT2D eigenvalue weighted by atomic mass is 10.1. The van der Waals surface area contributed by atoms with Crippen LogP contribution in [0.3, 0.4) is 0 Å². The van der Waals surface area contributed by atoms with Crippen LogP contribution < -0.4 is 5.32 Å². The van der Waals surface area contributed by atoms with E-state index < -0.39 is 0 Å². The highest BCUT2D eigenvalue weighted by atomic mass is 19.1. The molecule has 1 N–H and O–H groups in total. The highest BCUT2D eigenvalue weighted by Gasteiger charge is 2.07. The Balaban J connectivity index is 1.99. The molecule has 0 radical (unpaired) electrons. The van der Waals surface area contributed by atoms with Gasteiger partial charge in [0, 0.05) is 25.0 Å². The topological polar surface area (TPSA) is 24.9 Å². The summed E-state index contributed by atoms with van der Waals surface area (Å²) < 4.78 is 13.5. The molecule has 0 aliphatic heterocycles. The van der Waals surface area contributed by atoms with Gasteiger partial charge in [0.25, 0.3) is 0 Å². The Bertz CT molecular complexity index is 511. The summed E-state index contributed by atoms with van der Waals surface area (Å²) in [6.07, 6.45) is 3.54. The van der Waals surface area contributed by atoms with E-state index >= 15 is 0 Å². The van der Waals surface area contributed by atoms with Crippen molar-refractivity contribution in [1.29, 1.82) is 0 Å². The number of pyridine rings is 1. The molecule has 94 valence electrons. The molecule has 1 aromatic carbocycles. The minimum Gasteiger partial charge on any atom is -0.306 e. The van der Waals surface area contributed by atoms with Crippen molar-refractivity contribution >= 4 is 0 Å². The molecule has 2 rings (SSSR count). The summed E-state index contributed by atoms with van der Waals surface area (Å²) >= 11 is 0. The first-order valence-electron chi connectivity index (χ1n) is 6.05. The van der Waals surface area contributed by atoms with E-state index in [0.717, 1.165) is 12.1 Å². The Kier molecular flexibility index (Phi) is 4.05. The maximum Gasteiger partial charge on any atom is 0.126 e. The SMILES string of the molecule is Cc1ccc(C(C)NCc2ccncc2)cc1F. The van der Waals surface area contributed by atoms with Crippen molar-refractivity contribution in [2.75, 3.05) is 0 Å². The molecule has 1 unspecified atom stereocenters. The van der Waals surface area contributed by atoms with Crippen LogP contribution in [0.1, 0.15) is 29.7 Å². The molecule has 0 saturated carbocycles. The summed E-state index contributed by atoms with van der Waals surface area (Å²) in [5.74, 6) is -0.148. The van der Waals surface area contributed by atoms with Crippen molar-refractivity contribution in [3.63, 3.8) is 0 Å². The maximum atomic E-state index is 13.5. The van der Waals surface area contributed by atoms with E-state index in [2.05, 4.69) is 10.3 Å². The molecule has 0 amide bonds. The monoisotopic (exact) mass is 244 g/mol. The number of nitrogens with zero attached hydrogens (tertiary/aromatic N) is 1. The van der Waals surface area contributed by atoms with Gasteiger partial charge < -0.3 is 5.32 Å². The lowest BCUT2D eigenvalue weighted by molar-refractivity contribution is 0.563. The van der Waals surface area contributed by atoms with Crippen molar-refractivity contribution in [2.24, 2.45) is 0 Å². The van der Waals surface area contributed by atoms with Gasteiger partial charge in [-0.3, -0.25) is 4.98 Å². The minimum absolute atomic E-state index is 0.119. The Morgan fingerprint density at radius 3 is 2.61 bits per heavy atom. The first-order chi connectivity index (χ1) is 8.66. The number of halogens is 1. The normalized spacial score (nSPS) is 12.4. The van der Waals surface area contributed by atoms with E-state index in [4.69, 9.17) is 0 Å². The fourth-order valence-electron chi connectivity index (χ4n) is 1.77. The Morgan fingerprint density at radius 1 is 1.22 bits per heavy atom. The third kappa shape index (κ3) is 3.14. The average Bonchev–Trinajstić information content (AvgIpc) is 2.40. The summed E-state index contributed by atoms with van der Waals surface area (Å²) in [5.41, 5.74) is 2.82. The molecule has 0 bridgehead atoms. The Morgan fingerprint density at radius 2 is 1.94 bits per heavy atom. The molecule has 2 nitrogen and oxygen atoms in total. The molecule has 0 fully saturated rings. The van der Waals surface area contributed by atoms with Crippen LogP contribution in [-0.2, 0) is 6.54 Å². The van der Waals surface area contributed by atoms with E-state index in [9.17, 15) is 4.39 Å². The highest BCUT2D eigenvalue weighted by Crippen LogP contribution is 2.16. The number of aromatic nitrogens is 1. The van der Waals surface area contributed by atoms with Gasteiger partial charge in [0.2, 0.25) is 0 Å². The number of hydrogen-bond acceptors (Lipinski definition) is 2. The number of benzene rings is 1. The van der Waals surface area contributed by atoms with Crippen LogP contribution in [0, 0.1) is 12.7 Å². The van der Waals surface area contributed by atoms with Gasteiger partial charge in [-0.1, -0.05) is 12.1 Å². The maximum absolute atomic E-state index is 13.5. The lowest BCUT2D eigenvalue weighted by Crippen LogP contribution is -2.18. The molecular weight excluding hydrogens is 227 g/mol. The standard InChI is InChI=1S/C15H17FN2/c1-11-3-4-14(9-15(11)16)12(2)18-10-13-5-7-17-8-6-13/h3-9,12,18H,10H2,1-2H3. The van der Waals surface area contributed by atoms with E-state index in [0.29, 0.717) is 5.56 Å². The van der Waals surface area contributed by atoms with Gasteiger partial charge in [0.05, 0.1) is 0 Å². The van der Waals surface area contributed by atoms with Crippen molar-refractivity contribution in [3.05, 3.63) is 65.2 Å². The second-order valence-electron chi connectivity index (χ2n) is 4.47. The zero-order valence-electron chi connectivity index (χ0n) is 10.7. The van der Waals surface area contributed by atoms with Gasteiger partial charge in [-0.15, -0.1) is 0 Å². The fraction of sp³-hybridized carbons (Fsp3) is 0.267. The van der Waals surface area contributed by atoms with E-state index in [1.54, 1.807) is 25.4 Å². The third-order valence-electron chi connectivity index (χ3n) is 3.06. The molecule has 1 heterocycles. The summed E-state index contributed by atoms with van der Waals surface area (Å²) in [7, 11) is 0. The van der Waals surface area contributed by atoms with Crippen LogP contribution in [-0.4, -0.2) is 4.98 Å². The number of rotatable bonds is 4. The zero-order chi connectivity index (χ0) is 13.0. The summed E-state index contributed by atoms with van der Waals surface area (Å²) in [6.45, 7) is 4.55. The largest absolute Gasteiger partial charge is 0.306 e. The Labute approximate surface area is 107 Å². The number of nitrogens with one attached hydrogen (secondary N) is 1. The molecule has 18 heavy (non-hydrogen) atoms. The van der Waals surface area contributed by atoms with Crippen molar-refractivity contribution in [2.45, 2.75) is 26.4 Å². The molecule has 0 spiro atoms. The van der Waals surface area contributed by atoms with Crippen LogP contribution in [0.4, 0.5) is 4.39 Å². The Hall–Kier alpha value is -1.74. The van der Waals surface area contributed by atoms with E-state index in [-0.39, 0.29) is 11.9 Å². The van der Waals surface area contributed by atoms with Gasteiger partial charge in [-0.25, -0.2) is 4.39 Å². The second kappa shape index (κ2) is 5.74. The predicted octanol–water partition coefficient (Wildman–Crippen LogP) is 3.38. The summed E-state index contributed by atoms with van der Waals surface area (Å²) in [4.78, 5) is 3.97.